The van der Waals surface area contributed by atoms with Gasteiger partial charge in [0.15, 0.2) is 0 Å². The van der Waals surface area contributed by atoms with Gasteiger partial charge in [-0.1, -0.05) is 19.9 Å². The molecule has 12 heavy (non-hydrogen) atoms. The molecule has 0 N–H and O–H groups in total. The number of rotatable bonds is 1. The smallest absolute Gasteiger partial charge is 0.0960 e. The molecule has 0 saturated heterocycles. The summed E-state index contributed by atoms with van der Waals surface area (Å²) in [5.41, 5.74) is 2.65. The van der Waals surface area contributed by atoms with Crippen molar-refractivity contribution in [1.82, 2.24) is 4.98 Å². The Morgan fingerprint density at radius 2 is 2.33 bits per heavy atom. The summed E-state index contributed by atoms with van der Waals surface area (Å²) in [6, 6.07) is 6.25. The van der Waals surface area contributed by atoms with Crippen LogP contribution in [0.25, 0.3) is 10.2 Å². The summed E-state index contributed by atoms with van der Waals surface area (Å²) in [5, 5.41) is 0. The van der Waals surface area contributed by atoms with E-state index in [0.717, 1.165) is 10.2 Å². The first kappa shape index (κ1) is 6.61. The van der Waals surface area contributed by atoms with E-state index in [9.17, 15) is 0 Å². The molecule has 0 saturated carbocycles. The van der Waals surface area contributed by atoms with Crippen LogP contribution in [0.1, 0.15) is 26.7 Å². The summed E-state index contributed by atoms with van der Waals surface area (Å²) < 4.78 is 8.51. The topological polar surface area (TPSA) is 12.9 Å². The van der Waals surface area contributed by atoms with Gasteiger partial charge in [0.2, 0.25) is 0 Å². The number of hydrogen-bond donors (Lipinski definition) is 0. The van der Waals surface area contributed by atoms with E-state index < -0.39 is 0 Å². The fraction of sp³-hybridized carbons (Fsp3) is 0.300. The first-order chi connectivity index (χ1) is 6.16. The van der Waals surface area contributed by atoms with Crippen molar-refractivity contribution in [3.63, 3.8) is 0 Å². The molecular formula is C10H11NS. The van der Waals surface area contributed by atoms with Gasteiger partial charge in [0.25, 0.3) is 0 Å². The van der Waals surface area contributed by atoms with Gasteiger partial charge in [0.1, 0.15) is 0 Å². The largest absolute Gasteiger partial charge is 0.245 e. The highest BCUT2D eigenvalue weighted by Crippen LogP contribution is 2.22. The van der Waals surface area contributed by atoms with Gasteiger partial charge in [-0.25, -0.2) is 4.98 Å². The van der Waals surface area contributed by atoms with E-state index in [1.165, 1.54) is 16.9 Å². The SMILES string of the molecule is [3H]c1nc2cc(C(C)C)ccc2s1. The molecule has 0 radical (unpaired) electrons. The van der Waals surface area contributed by atoms with Crippen LogP contribution in [0.15, 0.2) is 23.7 Å². The van der Waals surface area contributed by atoms with Gasteiger partial charge in [-0.3, -0.25) is 0 Å². The monoisotopic (exact) mass is 179 g/mol. The second kappa shape index (κ2) is 2.87. The van der Waals surface area contributed by atoms with Crippen LogP contribution in [0.3, 0.4) is 0 Å². The Balaban J connectivity index is 2.61. The minimum Gasteiger partial charge on any atom is -0.245 e. The van der Waals surface area contributed by atoms with E-state index in [4.69, 9.17) is 1.37 Å². The Kier molecular flexibility index (Phi) is 1.58. The average molecular weight is 179 g/mol. The third-order valence-corrected chi connectivity index (χ3v) is 2.72. The normalized spacial score (nSPS) is 12.4. The first-order valence-corrected chi connectivity index (χ1v) is 4.85. The first-order valence-electron chi connectivity index (χ1n) is 4.54. The van der Waals surface area contributed by atoms with Crippen LogP contribution in [-0.4, -0.2) is 4.98 Å². The van der Waals surface area contributed by atoms with Crippen molar-refractivity contribution in [2.45, 2.75) is 19.8 Å². The minimum absolute atomic E-state index is 0.399. The zero-order valence-electron chi connectivity index (χ0n) is 8.16. The maximum Gasteiger partial charge on any atom is 0.0960 e. The van der Waals surface area contributed by atoms with Crippen molar-refractivity contribution in [2.24, 2.45) is 0 Å². The fourth-order valence-corrected chi connectivity index (χ4v) is 1.78. The zero-order valence-corrected chi connectivity index (χ0v) is 7.98. The molecular weight excluding hydrogens is 166 g/mol. The van der Waals surface area contributed by atoms with Crippen molar-refractivity contribution in [3.05, 3.63) is 29.2 Å². The van der Waals surface area contributed by atoms with Crippen molar-refractivity contribution in [3.8, 4) is 0 Å². The zero-order chi connectivity index (χ0) is 9.42. The number of benzene rings is 1. The van der Waals surface area contributed by atoms with E-state index in [0.29, 0.717) is 11.4 Å². The maximum absolute atomic E-state index is 7.41. The van der Waals surface area contributed by atoms with Crippen LogP contribution in [0.2, 0.25) is 0 Å². The number of hydrogen-bond acceptors (Lipinski definition) is 2. The predicted octanol–water partition coefficient (Wildman–Crippen LogP) is 3.42. The lowest BCUT2D eigenvalue weighted by atomic mass is 10.0. The van der Waals surface area contributed by atoms with E-state index in [1.807, 2.05) is 0 Å². The number of fused-ring (bicyclic) bond motifs is 1. The molecule has 2 rings (SSSR count). The molecule has 0 bridgehead atoms. The molecule has 2 aromatic rings. The van der Waals surface area contributed by atoms with Gasteiger partial charge in [-0.2, -0.15) is 0 Å². The Morgan fingerprint density at radius 1 is 1.50 bits per heavy atom. The van der Waals surface area contributed by atoms with E-state index in [-0.39, 0.29) is 0 Å². The van der Waals surface area contributed by atoms with Gasteiger partial charge in [-0.05, 0) is 23.6 Å². The Morgan fingerprint density at radius 3 is 3.08 bits per heavy atom. The van der Waals surface area contributed by atoms with Crippen molar-refractivity contribution >= 4 is 21.6 Å². The van der Waals surface area contributed by atoms with Gasteiger partial charge >= 0.3 is 0 Å². The van der Waals surface area contributed by atoms with E-state index in [1.54, 1.807) is 0 Å². The van der Waals surface area contributed by atoms with Crippen molar-refractivity contribution < 1.29 is 1.37 Å². The second-order valence-corrected chi connectivity index (χ2v) is 4.01. The summed E-state index contributed by atoms with van der Waals surface area (Å²) in [5.74, 6) is 0.528. The highest BCUT2D eigenvalue weighted by molar-refractivity contribution is 7.16. The molecule has 0 atom stereocenters. The van der Waals surface area contributed by atoms with Crippen LogP contribution in [0, 0.1) is 0 Å². The van der Waals surface area contributed by atoms with Crippen molar-refractivity contribution in [1.29, 1.82) is 0 Å². The third-order valence-electron chi connectivity index (χ3n) is 1.97. The van der Waals surface area contributed by atoms with Crippen molar-refractivity contribution in [2.75, 3.05) is 0 Å². The van der Waals surface area contributed by atoms with Crippen LogP contribution >= 0.6 is 11.3 Å². The molecule has 62 valence electrons. The Labute approximate surface area is 77.5 Å². The Hall–Kier alpha value is -0.890. The van der Waals surface area contributed by atoms with E-state index >= 15 is 0 Å². The molecule has 0 spiro atoms. The van der Waals surface area contributed by atoms with Gasteiger partial charge in [0.05, 0.1) is 17.1 Å². The molecule has 0 fully saturated rings. The number of thiazole rings is 1. The standard InChI is InChI=1S/C10H11NS/c1-7(2)8-3-4-10-9(5-8)11-6-12-10/h3-7H,1-2H3/i6T. The quantitative estimate of drug-likeness (QED) is 0.653. The summed E-state index contributed by atoms with van der Waals surface area (Å²) in [7, 11) is 0. The predicted molar refractivity (Wildman–Crippen MR) is 53.7 cm³/mol. The second-order valence-electron chi connectivity index (χ2n) is 3.19. The third kappa shape index (κ3) is 1.23. The lowest BCUT2D eigenvalue weighted by molar-refractivity contribution is 0.868. The van der Waals surface area contributed by atoms with E-state index in [2.05, 4.69) is 37.0 Å². The molecule has 1 aromatic heterocycles. The lowest BCUT2D eigenvalue weighted by Gasteiger charge is -2.03. The number of aromatic nitrogens is 1. The summed E-state index contributed by atoms with van der Waals surface area (Å²) >= 11 is 1.43. The molecule has 1 heterocycles. The molecule has 0 amide bonds. The lowest BCUT2D eigenvalue weighted by Crippen LogP contribution is -1.85. The summed E-state index contributed by atoms with van der Waals surface area (Å²) in [6.07, 6.45) is 0. The maximum atomic E-state index is 7.41. The minimum atomic E-state index is 0.399. The van der Waals surface area contributed by atoms with Crippen LogP contribution in [0.5, 0.6) is 0 Å². The average Bonchev–Trinajstić information content (AvgIpc) is 2.42. The van der Waals surface area contributed by atoms with Gasteiger partial charge in [-0.15, -0.1) is 11.3 Å². The highest BCUT2D eigenvalue weighted by Gasteiger charge is 2.01. The van der Waals surface area contributed by atoms with Gasteiger partial charge in [0, 0.05) is 0 Å². The molecule has 1 aromatic carbocycles. The fourth-order valence-electron chi connectivity index (χ4n) is 1.19. The molecule has 0 unspecified atom stereocenters. The Bertz CT molecular complexity index is 433. The molecule has 1 nitrogen and oxygen atoms in total. The van der Waals surface area contributed by atoms with Crippen LogP contribution in [-0.2, 0) is 0 Å². The van der Waals surface area contributed by atoms with Gasteiger partial charge < -0.3 is 0 Å². The number of nitrogens with zero attached hydrogens (tertiary/aromatic N) is 1. The summed E-state index contributed by atoms with van der Waals surface area (Å²) in [4.78, 5) is 4.14. The molecule has 2 heteroatoms. The highest BCUT2D eigenvalue weighted by atomic mass is 32.1. The molecule has 0 aliphatic carbocycles. The van der Waals surface area contributed by atoms with Crippen LogP contribution in [0.4, 0.5) is 0 Å². The molecule has 0 aliphatic heterocycles. The molecule has 0 aliphatic rings. The summed E-state index contributed by atoms with van der Waals surface area (Å²) in [6.45, 7) is 4.32. The van der Waals surface area contributed by atoms with Crippen LogP contribution < -0.4 is 0 Å².